The molecule has 1 heterocycles. The van der Waals surface area contributed by atoms with Gasteiger partial charge >= 0.3 is 5.97 Å². The Morgan fingerprint density at radius 2 is 1.85 bits per heavy atom. The van der Waals surface area contributed by atoms with Gasteiger partial charge in [-0.1, -0.05) is 42.5 Å². The molecule has 2 atom stereocenters. The molecule has 4 aromatic rings. The minimum atomic E-state index is -0.741. The number of benzene rings is 3. The maximum atomic E-state index is 13.6. The molecule has 0 saturated heterocycles. The predicted octanol–water partition coefficient (Wildman–Crippen LogP) is 5.57. The molecule has 39 heavy (non-hydrogen) atoms. The van der Waals surface area contributed by atoms with E-state index in [4.69, 9.17) is 4.74 Å². The summed E-state index contributed by atoms with van der Waals surface area (Å²) < 4.78 is 20.5. The number of thioether (sulfide) groups is 1. The highest BCUT2D eigenvalue weighted by Gasteiger charge is 2.24. The van der Waals surface area contributed by atoms with E-state index in [0.717, 1.165) is 16.8 Å². The molecule has 3 aromatic carbocycles. The van der Waals surface area contributed by atoms with E-state index in [1.165, 1.54) is 19.2 Å². The van der Waals surface area contributed by atoms with Crippen LogP contribution in [-0.4, -0.2) is 46.6 Å². The molecule has 0 radical (unpaired) electrons. The fraction of sp³-hybridized carbons (Fsp3) is 0.233. The number of carbonyl (C=O) groups is 2. The average Bonchev–Trinajstić information content (AvgIpc) is 3.48. The molecule has 1 amide bonds. The van der Waals surface area contributed by atoms with Gasteiger partial charge < -0.3 is 19.9 Å². The summed E-state index contributed by atoms with van der Waals surface area (Å²) in [6, 6.07) is 20.6. The van der Waals surface area contributed by atoms with Gasteiger partial charge in [-0.25, -0.2) is 14.2 Å². The number of anilines is 1. The van der Waals surface area contributed by atoms with E-state index < -0.39 is 12.0 Å². The summed E-state index contributed by atoms with van der Waals surface area (Å²) in [6.45, 7) is 0.560. The monoisotopic (exact) mass is 546 g/mol. The first-order valence-electron chi connectivity index (χ1n) is 12.5. The lowest BCUT2D eigenvalue weighted by molar-refractivity contribution is -0.142. The molecule has 202 valence electrons. The smallest absolute Gasteiger partial charge is 0.328 e. The van der Waals surface area contributed by atoms with Crippen LogP contribution in [0.2, 0.25) is 0 Å². The van der Waals surface area contributed by atoms with Crippen LogP contribution in [0.3, 0.4) is 0 Å². The highest BCUT2D eigenvalue weighted by Crippen LogP contribution is 2.30. The zero-order valence-electron chi connectivity index (χ0n) is 21.8. The summed E-state index contributed by atoms with van der Waals surface area (Å²) in [7, 11) is 1.32. The molecule has 2 N–H and O–H groups in total. The maximum absolute atomic E-state index is 13.6. The van der Waals surface area contributed by atoms with Gasteiger partial charge in [-0.2, -0.15) is 11.8 Å². The van der Waals surface area contributed by atoms with Crippen molar-refractivity contribution in [1.29, 1.82) is 0 Å². The number of esters is 1. The first kappa shape index (κ1) is 27.9. The fourth-order valence-electron chi connectivity index (χ4n) is 4.29. The summed E-state index contributed by atoms with van der Waals surface area (Å²) in [6.07, 6.45) is 7.73. The predicted molar refractivity (Wildman–Crippen MR) is 153 cm³/mol. The quantitative estimate of drug-likeness (QED) is 0.226. The van der Waals surface area contributed by atoms with Gasteiger partial charge in [0.15, 0.2) is 0 Å². The van der Waals surface area contributed by atoms with Crippen LogP contribution < -0.4 is 10.6 Å². The topological polar surface area (TPSA) is 85.2 Å². The molecule has 7 nitrogen and oxygen atoms in total. The van der Waals surface area contributed by atoms with Gasteiger partial charge in [0.1, 0.15) is 11.9 Å². The Hall–Kier alpha value is -4.11. The highest BCUT2D eigenvalue weighted by atomic mass is 32.2. The largest absolute Gasteiger partial charge is 0.467 e. The van der Waals surface area contributed by atoms with E-state index in [2.05, 4.69) is 15.6 Å². The van der Waals surface area contributed by atoms with Crippen LogP contribution in [-0.2, 0) is 16.1 Å². The van der Waals surface area contributed by atoms with E-state index in [1.807, 2.05) is 59.5 Å². The molecular weight excluding hydrogens is 515 g/mol. The summed E-state index contributed by atoms with van der Waals surface area (Å²) in [4.78, 5) is 29.9. The number of hydrogen-bond acceptors (Lipinski definition) is 6. The van der Waals surface area contributed by atoms with Crippen molar-refractivity contribution in [3.05, 3.63) is 108 Å². The third-order valence-corrected chi connectivity index (χ3v) is 6.96. The summed E-state index contributed by atoms with van der Waals surface area (Å²) >= 11 is 1.59. The lowest BCUT2D eigenvalue weighted by atomic mass is 9.97. The molecule has 9 heteroatoms. The Morgan fingerprint density at radius 1 is 1.08 bits per heavy atom. The molecule has 1 aromatic heterocycles. The Kier molecular flexibility index (Phi) is 9.74. The van der Waals surface area contributed by atoms with Crippen LogP contribution in [0, 0.1) is 5.82 Å². The lowest BCUT2D eigenvalue weighted by Crippen LogP contribution is -2.42. The van der Waals surface area contributed by atoms with E-state index in [-0.39, 0.29) is 17.8 Å². The van der Waals surface area contributed by atoms with E-state index in [1.54, 1.807) is 42.5 Å². The minimum absolute atomic E-state index is 0.196. The Labute approximate surface area is 231 Å². The Morgan fingerprint density at radius 3 is 2.51 bits per heavy atom. The van der Waals surface area contributed by atoms with Gasteiger partial charge in [0, 0.05) is 30.2 Å². The number of methoxy groups -OCH3 is 1. The second-order valence-corrected chi connectivity index (χ2v) is 9.95. The van der Waals surface area contributed by atoms with Gasteiger partial charge in [-0.05, 0) is 65.5 Å². The molecule has 0 bridgehead atoms. The second kappa shape index (κ2) is 13.6. The van der Waals surface area contributed by atoms with Crippen molar-refractivity contribution in [3.63, 3.8) is 0 Å². The highest BCUT2D eigenvalue weighted by molar-refractivity contribution is 7.98. The molecular formula is C30H31FN4O3S. The SMILES string of the molecule is COC(=O)[C@H](CCSC)NC(=O)c1ccc(NC(Cn2ccnc2)c2ccc(F)cc2)cc1-c1ccccc1. The molecule has 0 saturated carbocycles. The Balaban J connectivity index is 1.67. The number of imidazole rings is 1. The van der Waals surface area contributed by atoms with E-state index in [9.17, 15) is 14.0 Å². The first-order valence-corrected chi connectivity index (χ1v) is 13.9. The number of nitrogens with zero attached hydrogens (tertiary/aromatic N) is 2. The number of aromatic nitrogens is 2. The molecule has 0 aliphatic rings. The number of halogens is 1. The van der Waals surface area contributed by atoms with E-state index in [0.29, 0.717) is 29.8 Å². The van der Waals surface area contributed by atoms with Crippen LogP contribution in [0.25, 0.3) is 11.1 Å². The van der Waals surface area contributed by atoms with Gasteiger partial charge in [0.25, 0.3) is 5.91 Å². The number of carbonyl (C=O) groups excluding carboxylic acids is 2. The standard InChI is InChI=1S/C30H31FN4O3S/c1-38-30(37)27(14-17-39-2)34-29(36)25-13-12-24(18-26(25)21-6-4-3-5-7-21)33-28(19-35-16-15-32-20-35)22-8-10-23(31)11-9-22/h3-13,15-16,18,20,27-28,33H,14,17,19H2,1-2H3,(H,34,36)/t27-,28?/m0/s1. The number of nitrogens with one attached hydrogen (secondary N) is 2. The first-order chi connectivity index (χ1) is 19.0. The van der Waals surface area contributed by atoms with Crippen LogP contribution in [0.15, 0.2) is 91.5 Å². The number of hydrogen-bond donors (Lipinski definition) is 2. The van der Waals surface area contributed by atoms with Crippen molar-refractivity contribution in [3.8, 4) is 11.1 Å². The summed E-state index contributed by atoms with van der Waals surface area (Å²) in [5, 5.41) is 6.40. The van der Waals surface area contributed by atoms with Crippen molar-refractivity contribution in [2.24, 2.45) is 0 Å². The van der Waals surface area contributed by atoms with Crippen LogP contribution in [0.1, 0.15) is 28.4 Å². The number of rotatable bonds is 12. The fourth-order valence-corrected chi connectivity index (χ4v) is 4.76. The number of ether oxygens (including phenoxy) is 1. The zero-order chi connectivity index (χ0) is 27.6. The number of amides is 1. The van der Waals surface area contributed by atoms with Crippen molar-refractivity contribution in [1.82, 2.24) is 14.9 Å². The van der Waals surface area contributed by atoms with E-state index >= 15 is 0 Å². The summed E-state index contributed by atoms with van der Waals surface area (Å²) in [5.41, 5.74) is 3.71. The van der Waals surface area contributed by atoms with Crippen LogP contribution in [0.4, 0.5) is 10.1 Å². The van der Waals surface area contributed by atoms with Crippen LogP contribution in [0.5, 0.6) is 0 Å². The normalized spacial score (nSPS) is 12.4. The van der Waals surface area contributed by atoms with Crippen molar-refractivity contribution in [2.75, 3.05) is 24.4 Å². The van der Waals surface area contributed by atoms with Crippen molar-refractivity contribution in [2.45, 2.75) is 25.0 Å². The third kappa shape index (κ3) is 7.48. The molecule has 0 spiro atoms. The molecule has 0 aliphatic carbocycles. The van der Waals surface area contributed by atoms with Crippen LogP contribution >= 0.6 is 11.8 Å². The molecule has 0 aliphatic heterocycles. The lowest BCUT2D eigenvalue weighted by Gasteiger charge is -2.23. The second-order valence-electron chi connectivity index (χ2n) is 8.97. The maximum Gasteiger partial charge on any atom is 0.328 e. The van der Waals surface area contributed by atoms with Crippen molar-refractivity contribution < 1.29 is 18.7 Å². The zero-order valence-corrected chi connectivity index (χ0v) is 22.7. The van der Waals surface area contributed by atoms with Gasteiger partial charge in [0.05, 0.1) is 19.5 Å². The average molecular weight is 547 g/mol. The van der Waals surface area contributed by atoms with Gasteiger partial charge in [0.2, 0.25) is 0 Å². The van der Waals surface area contributed by atoms with Gasteiger partial charge in [-0.15, -0.1) is 0 Å². The minimum Gasteiger partial charge on any atom is -0.467 e. The third-order valence-electron chi connectivity index (χ3n) is 6.32. The Bertz CT molecular complexity index is 1360. The van der Waals surface area contributed by atoms with Crippen molar-refractivity contribution >= 4 is 29.3 Å². The molecule has 0 fully saturated rings. The molecule has 1 unspecified atom stereocenters. The molecule has 4 rings (SSSR count). The van der Waals surface area contributed by atoms with Gasteiger partial charge in [-0.3, -0.25) is 4.79 Å². The summed E-state index contributed by atoms with van der Waals surface area (Å²) in [5.74, 6) is -0.426.